The summed E-state index contributed by atoms with van der Waals surface area (Å²) in [4.78, 5) is 2.46. The average molecular weight is 393 g/mol. The van der Waals surface area contributed by atoms with E-state index in [-0.39, 0.29) is 5.75 Å². The molecule has 140 valence electrons. The highest BCUT2D eigenvalue weighted by Gasteiger charge is 2.14. The molecule has 1 aliphatic heterocycles. The lowest BCUT2D eigenvalue weighted by atomic mass is 10.1. The Hall–Kier alpha value is -1.40. The standard InChI is InChI=1S/C20H25ClN2O2S/c21-20-10-3-2-9-19(20)16-26(24,25)22-14-17-7-6-8-18(13-17)15-23-11-4-1-5-12-23/h2-3,6-10,13,22H,1,4-5,11-12,14-16H2. The molecule has 3 rings (SSSR count). The second-order valence-corrected chi connectivity index (χ2v) is 9.04. The van der Waals surface area contributed by atoms with Crippen molar-refractivity contribution >= 4 is 21.6 Å². The minimum Gasteiger partial charge on any atom is -0.299 e. The summed E-state index contributed by atoms with van der Waals surface area (Å²) < 4.78 is 27.4. The van der Waals surface area contributed by atoms with Gasteiger partial charge in [0.2, 0.25) is 10.0 Å². The summed E-state index contributed by atoms with van der Waals surface area (Å²) in [7, 11) is -3.44. The summed E-state index contributed by atoms with van der Waals surface area (Å²) in [6.07, 6.45) is 3.85. The van der Waals surface area contributed by atoms with Crippen molar-refractivity contribution in [2.75, 3.05) is 13.1 Å². The number of nitrogens with zero attached hydrogens (tertiary/aromatic N) is 1. The van der Waals surface area contributed by atoms with Gasteiger partial charge in [-0.15, -0.1) is 0 Å². The first-order valence-electron chi connectivity index (χ1n) is 9.03. The number of hydrogen-bond donors (Lipinski definition) is 1. The van der Waals surface area contributed by atoms with Gasteiger partial charge in [-0.2, -0.15) is 0 Å². The molecule has 26 heavy (non-hydrogen) atoms. The Kier molecular flexibility index (Phi) is 6.70. The second-order valence-electron chi connectivity index (χ2n) is 6.83. The predicted molar refractivity (Wildman–Crippen MR) is 106 cm³/mol. The number of piperidine rings is 1. The molecule has 1 heterocycles. The quantitative estimate of drug-likeness (QED) is 0.776. The number of nitrogens with one attached hydrogen (secondary N) is 1. The molecule has 0 aliphatic carbocycles. The molecule has 0 amide bonds. The fourth-order valence-corrected chi connectivity index (χ4v) is 4.71. The number of halogens is 1. The number of rotatable bonds is 7. The third-order valence-electron chi connectivity index (χ3n) is 4.65. The molecule has 1 fully saturated rings. The van der Waals surface area contributed by atoms with Gasteiger partial charge in [-0.1, -0.05) is 60.5 Å². The fraction of sp³-hybridized carbons (Fsp3) is 0.400. The zero-order chi connectivity index (χ0) is 18.4. The van der Waals surface area contributed by atoms with Crippen molar-refractivity contribution in [1.29, 1.82) is 0 Å². The van der Waals surface area contributed by atoms with Crippen LogP contribution in [0.2, 0.25) is 5.02 Å². The van der Waals surface area contributed by atoms with Crippen molar-refractivity contribution in [3.05, 3.63) is 70.2 Å². The first-order chi connectivity index (χ1) is 12.5. The Morgan fingerprint density at radius 1 is 0.962 bits per heavy atom. The summed E-state index contributed by atoms with van der Waals surface area (Å²) in [5, 5.41) is 0.474. The van der Waals surface area contributed by atoms with E-state index in [1.165, 1.54) is 24.8 Å². The molecule has 0 unspecified atom stereocenters. The maximum Gasteiger partial charge on any atom is 0.216 e. The minimum absolute atomic E-state index is 0.111. The molecular formula is C20H25ClN2O2S. The predicted octanol–water partition coefficient (Wildman–Crippen LogP) is 3.95. The van der Waals surface area contributed by atoms with Gasteiger partial charge in [0.15, 0.2) is 0 Å². The smallest absolute Gasteiger partial charge is 0.216 e. The van der Waals surface area contributed by atoms with E-state index in [0.29, 0.717) is 17.1 Å². The molecule has 2 aromatic rings. The largest absolute Gasteiger partial charge is 0.299 e. The lowest BCUT2D eigenvalue weighted by Gasteiger charge is -2.26. The molecule has 2 aromatic carbocycles. The molecule has 1 N–H and O–H groups in total. The molecule has 1 aliphatic rings. The Bertz CT molecular complexity index is 833. The van der Waals surface area contributed by atoms with Crippen molar-refractivity contribution in [3.63, 3.8) is 0 Å². The van der Waals surface area contributed by atoms with Gasteiger partial charge in [-0.05, 0) is 48.7 Å². The molecular weight excluding hydrogens is 368 g/mol. The Balaban J connectivity index is 1.58. The summed E-state index contributed by atoms with van der Waals surface area (Å²) in [5.74, 6) is -0.111. The summed E-state index contributed by atoms with van der Waals surface area (Å²) in [6.45, 7) is 3.52. The molecule has 1 saturated heterocycles. The van der Waals surface area contributed by atoms with Gasteiger partial charge in [0.25, 0.3) is 0 Å². The van der Waals surface area contributed by atoms with Crippen LogP contribution in [0.1, 0.15) is 36.0 Å². The summed E-state index contributed by atoms with van der Waals surface area (Å²) >= 11 is 6.06. The van der Waals surface area contributed by atoms with Crippen LogP contribution in [0.5, 0.6) is 0 Å². The molecule has 0 atom stereocenters. The van der Waals surface area contributed by atoms with E-state index in [1.807, 2.05) is 12.1 Å². The Morgan fingerprint density at radius 3 is 2.46 bits per heavy atom. The molecule has 0 radical (unpaired) electrons. The van der Waals surface area contributed by atoms with Gasteiger partial charge in [0, 0.05) is 18.1 Å². The van der Waals surface area contributed by atoms with Crippen LogP contribution in [0, 0.1) is 0 Å². The van der Waals surface area contributed by atoms with Crippen LogP contribution in [0.4, 0.5) is 0 Å². The van der Waals surface area contributed by atoms with Crippen molar-refractivity contribution in [1.82, 2.24) is 9.62 Å². The van der Waals surface area contributed by atoms with Crippen LogP contribution in [0.15, 0.2) is 48.5 Å². The summed E-state index contributed by atoms with van der Waals surface area (Å²) in [5.41, 5.74) is 2.82. The van der Waals surface area contributed by atoms with Gasteiger partial charge < -0.3 is 0 Å². The zero-order valence-corrected chi connectivity index (χ0v) is 16.4. The molecule has 0 spiro atoms. The van der Waals surface area contributed by atoms with E-state index >= 15 is 0 Å². The second kappa shape index (κ2) is 9.00. The molecule has 0 bridgehead atoms. The fourth-order valence-electron chi connectivity index (χ4n) is 3.28. The van der Waals surface area contributed by atoms with E-state index in [0.717, 1.165) is 25.2 Å². The Morgan fingerprint density at radius 2 is 1.69 bits per heavy atom. The average Bonchev–Trinajstić information content (AvgIpc) is 2.63. The molecule has 4 nitrogen and oxygen atoms in total. The van der Waals surface area contributed by atoms with Crippen LogP contribution < -0.4 is 4.72 Å². The highest BCUT2D eigenvalue weighted by Crippen LogP contribution is 2.18. The third-order valence-corrected chi connectivity index (χ3v) is 6.29. The van der Waals surface area contributed by atoms with E-state index in [1.54, 1.807) is 24.3 Å². The third kappa shape index (κ3) is 5.81. The SMILES string of the molecule is O=S(=O)(Cc1ccccc1Cl)NCc1cccc(CN2CCCCC2)c1. The van der Waals surface area contributed by atoms with Gasteiger partial charge in [0.05, 0.1) is 5.75 Å². The lowest BCUT2D eigenvalue weighted by Crippen LogP contribution is -2.29. The zero-order valence-electron chi connectivity index (χ0n) is 14.8. The van der Waals surface area contributed by atoms with Crippen LogP contribution >= 0.6 is 11.6 Å². The van der Waals surface area contributed by atoms with E-state index in [4.69, 9.17) is 11.6 Å². The summed E-state index contributed by atoms with van der Waals surface area (Å²) in [6, 6.07) is 15.2. The van der Waals surface area contributed by atoms with Crippen LogP contribution in [-0.4, -0.2) is 26.4 Å². The lowest BCUT2D eigenvalue weighted by molar-refractivity contribution is 0.221. The monoisotopic (exact) mass is 392 g/mol. The topological polar surface area (TPSA) is 49.4 Å². The number of likely N-dealkylation sites (tertiary alicyclic amines) is 1. The molecule has 0 saturated carbocycles. The van der Waals surface area contributed by atoms with E-state index in [9.17, 15) is 8.42 Å². The number of hydrogen-bond acceptors (Lipinski definition) is 3. The highest BCUT2D eigenvalue weighted by molar-refractivity contribution is 7.88. The van der Waals surface area contributed by atoms with Gasteiger partial charge in [0.1, 0.15) is 0 Å². The van der Waals surface area contributed by atoms with Crippen molar-refractivity contribution in [2.24, 2.45) is 0 Å². The number of sulfonamides is 1. The van der Waals surface area contributed by atoms with Crippen molar-refractivity contribution in [3.8, 4) is 0 Å². The van der Waals surface area contributed by atoms with Crippen molar-refractivity contribution < 1.29 is 8.42 Å². The maximum absolute atomic E-state index is 12.3. The first kappa shape index (κ1) is 19.4. The Labute approximate surface area is 161 Å². The van der Waals surface area contributed by atoms with Crippen molar-refractivity contribution in [2.45, 2.75) is 38.1 Å². The van der Waals surface area contributed by atoms with Crippen LogP contribution in [0.25, 0.3) is 0 Å². The van der Waals surface area contributed by atoms with Gasteiger partial charge in [-0.25, -0.2) is 13.1 Å². The molecule has 0 aromatic heterocycles. The van der Waals surface area contributed by atoms with Crippen LogP contribution in [0.3, 0.4) is 0 Å². The van der Waals surface area contributed by atoms with E-state index < -0.39 is 10.0 Å². The highest BCUT2D eigenvalue weighted by atomic mass is 35.5. The maximum atomic E-state index is 12.3. The minimum atomic E-state index is -3.44. The normalized spacial score (nSPS) is 15.9. The first-order valence-corrected chi connectivity index (χ1v) is 11.1. The van der Waals surface area contributed by atoms with Crippen LogP contribution in [-0.2, 0) is 28.9 Å². The molecule has 6 heteroatoms. The van der Waals surface area contributed by atoms with Gasteiger partial charge in [-0.3, -0.25) is 4.90 Å². The number of benzene rings is 2. The van der Waals surface area contributed by atoms with E-state index in [2.05, 4.69) is 21.8 Å². The van der Waals surface area contributed by atoms with Gasteiger partial charge >= 0.3 is 0 Å².